The largest absolute Gasteiger partial charge is 0.392 e. The summed E-state index contributed by atoms with van der Waals surface area (Å²) in [5, 5.41) is 14.6. The lowest BCUT2D eigenvalue weighted by molar-refractivity contribution is 0.251. The Bertz CT molecular complexity index is 644. The summed E-state index contributed by atoms with van der Waals surface area (Å²) in [4.78, 5) is 11.8. The Hall–Kier alpha value is -2.40. The molecule has 2 aromatic carbocycles. The number of halogens is 1. The van der Waals surface area contributed by atoms with Crippen LogP contribution in [-0.2, 0) is 13.2 Å². The van der Waals surface area contributed by atoms with Crippen molar-refractivity contribution in [2.24, 2.45) is 0 Å². The Kier molecular flexibility index (Phi) is 4.90. The molecule has 0 aromatic heterocycles. The van der Waals surface area contributed by atoms with Crippen LogP contribution in [0.4, 0.5) is 14.9 Å². The van der Waals surface area contributed by atoms with Crippen LogP contribution in [0.5, 0.6) is 0 Å². The van der Waals surface area contributed by atoms with E-state index in [-0.39, 0.29) is 18.5 Å². The first-order chi connectivity index (χ1) is 10.1. The molecule has 5 heteroatoms. The molecule has 3 N–H and O–H groups in total. The van der Waals surface area contributed by atoms with E-state index in [1.54, 1.807) is 19.1 Å². The van der Waals surface area contributed by atoms with Crippen molar-refractivity contribution in [3.05, 3.63) is 65.0 Å². The number of anilines is 1. The molecule has 0 atom stereocenters. The molecule has 0 spiro atoms. The number of urea groups is 1. The summed E-state index contributed by atoms with van der Waals surface area (Å²) in [5.74, 6) is -0.308. The molecule has 0 heterocycles. The van der Waals surface area contributed by atoms with Gasteiger partial charge in [0.05, 0.1) is 6.61 Å². The molecule has 0 bridgehead atoms. The summed E-state index contributed by atoms with van der Waals surface area (Å²) in [6.07, 6.45) is 0. The van der Waals surface area contributed by atoms with E-state index in [9.17, 15) is 14.3 Å². The van der Waals surface area contributed by atoms with Gasteiger partial charge in [0.1, 0.15) is 5.82 Å². The number of carbonyl (C=O) groups excluding carboxylic acids is 1. The van der Waals surface area contributed by atoms with Gasteiger partial charge in [-0.1, -0.05) is 24.3 Å². The van der Waals surface area contributed by atoms with Gasteiger partial charge in [0.15, 0.2) is 0 Å². The van der Waals surface area contributed by atoms with Crippen molar-refractivity contribution in [1.82, 2.24) is 5.32 Å². The van der Waals surface area contributed by atoms with Gasteiger partial charge in [0.25, 0.3) is 0 Å². The Morgan fingerprint density at radius 2 is 1.90 bits per heavy atom. The van der Waals surface area contributed by atoms with Gasteiger partial charge in [-0.2, -0.15) is 0 Å². The molecule has 0 fully saturated rings. The number of benzene rings is 2. The molecular formula is C16H17FN2O2. The molecule has 110 valence electrons. The maximum absolute atomic E-state index is 13.1. The van der Waals surface area contributed by atoms with Crippen molar-refractivity contribution in [2.75, 3.05) is 5.32 Å². The van der Waals surface area contributed by atoms with Crippen LogP contribution in [0.15, 0.2) is 42.5 Å². The smallest absolute Gasteiger partial charge is 0.319 e. The minimum Gasteiger partial charge on any atom is -0.392 e. The van der Waals surface area contributed by atoms with Gasteiger partial charge < -0.3 is 15.7 Å². The van der Waals surface area contributed by atoms with Crippen LogP contribution < -0.4 is 10.6 Å². The molecule has 0 unspecified atom stereocenters. The Morgan fingerprint density at radius 1 is 1.19 bits per heavy atom. The van der Waals surface area contributed by atoms with Gasteiger partial charge in [-0.25, -0.2) is 9.18 Å². The topological polar surface area (TPSA) is 61.4 Å². The van der Waals surface area contributed by atoms with Crippen LogP contribution in [-0.4, -0.2) is 11.1 Å². The van der Waals surface area contributed by atoms with Crippen molar-refractivity contribution < 1.29 is 14.3 Å². The Balaban J connectivity index is 1.94. The lowest BCUT2D eigenvalue weighted by atomic mass is 10.1. The maximum atomic E-state index is 13.1. The predicted octanol–water partition coefficient (Wildman–Crippen LogP) is 2.95. The summed E-state index contributed by atoms with van der Waals surface area (Å²) in [6, 6.07) is 11.3. The quantitative estimate of drug-likeness (QED) is 0.810. The van der Waals surface area contributed by atoms with Crippen LogP contribution in [0.1, 0.15) is 16.7 Å². The summed E-state index contributed by atoms with van der Waals surface area (Å²) in [7, 11) is 0. The minimum absolute atomic E-state index is 0.0728. The Morgan fingerprint density at radius 3 is 2.57 bits per heavy atom. The third-order valence-corrected chi connectivity index (χ3v) is 3.14. The van der Waals surface area contributed by atoms with E-state index in [2.05, 4.69) is 10.6 Å². The summed E-state index contributed by atoms with van der Waals surface area (Å²) < 4.78 is 13.1. The highest BCUT2D eigenvalue weighted by atomic mass is 19.1. The molecular weight excluding hydrogens is 271 g/mol. The van der Waals surface area contributed by atoms with E-state index in [4.69, 9.17) is 0 Å². The second kappa shape index (κ2) is 6.85. The van der Waals surface area contributed by atoms with E-state index in [1.165, 1.54) is 12.1 Å². The van der Waals surface area contributed by atoms with E-state index in [1.807, 2.05) is 18.2 Å². The first-order valence-corrected chi connectivity index (χ1v) is 6.59. The number of nitrogens with one attached hydrogen (secondary N) is 2. The Labute approximate surface area is 122 Å². The monoisotopic (exact) mass is 288 g/mol. The molecule has 0 aliphatic carbocycles. The highest BCUT2D eigenvalue weighted by Crippen LogP contribution is 2.13. The van der Waals surface area contributed by atoms with Gasteiger partial charge in [-0.15, -0.1) is 0 Å². The molecule has 2 amide bonds. The van der Waals surface area contributed by atoms with Gasteiger partial charge in [-0.05, 0) is 41.8 Å². The van der Waals surface area contributed by atoms with Gasteiger partial charge >= 0.3 is 6.03 Å². The fourth-order valence-corrected chi connectivity index (χ4v) is 1.96. The first kappa shape index (κ1) is 15.0. The molecule has 0 saturated heterocycles. The lowest BCUT2D eigenvalue weighted by Gasteiger charge is -2.10. The normalized spacial score (nSPS) is 10.2. The number of aliphatic hydroxyl groups excluding tert-OH is 1. The number of aryl methyl sites for hydroxylation is 1. The van der Waals surface area contributed by atoms with Gasteiger partial charge in [-0.3, -0.25) is 0 Å². The summed E-state index contributed by atoms with van der Waals surface area (Å²) >= 11 is 0. The number of aliphatic hydroxyl groups is 1. The van der Waals surface area contributed by atoms with Crippen molar-refractivity contribution in [1.29, 1.82) is 0 Å². The molecule has 2 rings (SSSR count). The average Bonchev–Trinajstić information content (AvgIpc) is 2.49. The number of rotatable bonds is 4. The van der Waals surface area contributed by atoms with Crippen molar-refractivity contribution in [2.45, 2.75) is 20.1 Å². The number of amides is 2. The highest BCUT2D eigenvalue weighted by Gasteiger charge is 2.05. The van der Waals surface area contributed by atoms with Crippen LogP contribution in [0.3, 0.4) is 0 Å². The summed E-state index contributed by atoms with van der Waals surface area (Å²) in [5.41, 5.74) is 2.63. The third kappa shape index (κ3) is 4.03. The first-order valence-electron chi connectivity index (χ1n) is 6.59. The number of carbonyl (C=O) groups is 1. The molecule has 0 aliphatic rings. The molecule has 2 aromatic rings. The molecule has 0 aliphatic heterocycles. The fraction of sp³-hybridized carbons (Fsp3) is 0.188. The van der Waals surface area contributed by atoms with E-state index >= 15 is 0 Å². The SMILES string of the molecule is Cc1cc(NC(=O)NCc2ccccc2CO)ccc1F. The highest BCUT2D eigenvalue weighted by molar-refractivity contribution is 5.89. The third-order valence-electron chi connectivity index (χ3n) is 3.14. The second-order valence-corrected chi connectivity index (χ2v) is 4.70. The predicted molar refractivity (Wildman–Crippen MR) is 79.4 cm³/mol. The van der Waals surface area contributed by atoms with E-state index < -0.39 is 0 Å². The second-order valence-electron chi connectivity index (χ2n) is 4.70. The molecule has 4 nitrogen and oxygen atoms in total. The van der Waals surface area contributed by atoms with Gasteiger partial charge in [0, 0.05) is 12.2 Å². The average molecular weight is 288 g/mol. The molecule has 21 heavy (non-hydrogen) atoms. The van der Waals surface area contributed by atoms with Crippen molar-refractivity contribution in [3.63, 3.8) is 0 Å². The van der Waals surface area contributed by atoms with E-state index in [0.29, 0.717) is 17.8 Å². The fourth-order valence-electron chi connectivity index (χ4n) is 1.96. The number of hydrogen-bond acceptors (Lipinski definition) is 2. The van der Waals surface area contributed by atoms with Crippen LogP contribution in [0, 0.1) is 12.7 Å². The molecule has 0 radical (unpaired) electrons. The number of hydrogen-bond donors (Lipinski definition) is 3. The lowest BCUT2D eigenvalue weighted by Crippen LogP contribution is -2.28. The van der Waals surface area contributed by atoms with Crippen LogP contribution >= 0.6 is 0 Å². The molecule has 0 saturated carbocycles. The maximum Gasteiger partial charge on any atom is 0.319 e. The van der Waals surface area contributed by atoms with Gasteiger partial charge in [0.2, 0.25) is 0 Å². The summed E-state index contributed by atoms with van der Waals surface area (Å²) in [6.45, 7) is 1.87. The minimum atomic E-state index is -0.381. The zero-order valence-electron chi connectivity index (χ0n) is 11.7. The van der Waals surface area contributed by atoms with Crippen molar-refractivity contribution in [3.8, 4) is 0 Å². The van der Waals surface area contributed by atoms with Crippen LogP contribution in [0.2, 0.25) is 0 Å². The van der Waals surface area contributed by atoms with Crippen molar-refractivity contribution >= 4 is 11.7 Å². The zero-order chi connectivity index (χ0) is 15.2. The zero-order valence-corrected chi connectivity index (χ0v) is 11.7. The van der Waals surface area contributed by atoms with E-state index in [0.717, 1.165) is 11.1 Å². The van der Waals surface area contributed by atoms with Crippen LogP contribution in [0.25, 0.3) is 0 Å². The standard InChI is InChI=1S/C16H17FN2O2/c1-11-8-14(6-7-15(11)17)19-16(21)18-9-12-4-2-3-5-13(12)10-20/h2-8,20H,9-10H2,1H3,(H2,18,19,21).